The number of hydrogen-bond donors (Lipinski definition) is 3. The molecule has 0 aliphatic rings. The van der Waals surface area contributed by atoms with Crippen molar-refractivity contribution in [3.8, 4) is 0 Å². The summed E-state index contributed by atoms with van der Waals surface area (Å²) in [5, 5.41) is 24.4. The minimum absolute atomic E-state index is 0.303. The first-order chi connectivity index (χ1) is 11.6. The molecular weight excluding hydrogens is 332 g/mol. The zero-order chi connectivity index (χ0) is 19.8. The Balaban J connectivity index is 0. The molecule has 8 heteroatoms. The van der Waals surface area contributed by atoms with Crippen LogP contribution in [0, 0.1) is 5.92 Å². The molecule has 1 unspecified atom stereocenters. The molecule has 0 aromatic rings. The topological polar surface area (TPSA) is 138 Å². The number of carboxylic acid groups (broad SMARTS) is 3. The van der Waals surface area contributed by atoms with Crippen LogP contribution in [0.4, 0.5) is 0 Å². The molecule has 0 rings (SSSR count). The van der Waals surface area contributed by atoms with Gasteiger partial charge in [-0.1, -0.05) is 39.7 Å². The molecule has 8 nitrogen and oxygen atoms in total. The third kappa shape index (κ3) is 17.5. The van der Waals surface area contributed by atoms with Gasteiger partial charge in [-0.3, -0.25) is 4.79 Å². The number of unbranched alkanes of at least 4 members (excludes halogenated alkanes) is 1. The quantitative estimate of drug-likeness (QED) is 0.378. The highest BCUT2D eigenvalue weighted by molar-refractivity contribution is 5.91. The molecule has 0 bridgehead atoms. The number of carboxylic acids is 3. The Morgan fingerprint density at radius 1 is 1.08 bits per heavy atom. The summed E-state index contributed by atoms with van der Waals surface area (Å²) in [6.07, 6.45) is 5.49. The summed E-state index contributed by atoms with van der Waals surface area (Å²) in [6, 6.07) is 0. The Bertz CT molecular complexity index is 493. The van der Waals surface area contributed by atoms with Crippen molar-refractivity contribution in [1.29, 1.82) is 0 Å². The van der Waals surface area contributed by atoms with Gasteiger partial charge in [0.25, 0.3) is 0 Å². The van der Waals surface area contributed by atoms with E-state index < -0.39 is 30.3 Å². The highest BCUT2D eigenvalue weighted by Gasteiger charge is 2.08. The summed E-state index contributed by atoms with van der Waals surface area (Å²) in [7, 11) is 0. The van der Waals surface area contributed by atoms with E-state index >= 15 is 0 Å². The van der Waals surface area contributed by atoms with Crippen LogP contribution in [0.15, 0.2) is 24.3 Å². The van der Waals surface area contributed by atoms with Crippen molar-refractivity contribution >= 4 is 23.9 Å². The Kier molecular flexibility index (Phi) is 14.7. The molecule has 0 amide bonds. The van der Waals surface area contributed by atoms with Crippen molar-refractivity contribution in [2.75, 3.05) is 6.61 Å². The molecule has 0 aliphatic heterocycles. The van der Waals surface area contributed by atoms with Gasteiger partial charge in [-0.05, 0) is 12.3 Å². The molecule has 1 atom stereocenters. The molecule has 142 valence electrons. The van der Waals surface area contributed by atoms with Crippen LogP contribution in [-0.4, -0.2) is 45.8 Å². The first kappa shape index (κ1) is 24.6. The number of aliphatic carboxylic acids is 3. The summed E-state index contributed by atoms with van der Waals surface area (Å²) >= 11 is 0. The number of hydrogen-bond acceptors (Lipinski definition) is 5. The van der Waals surface area contributed by atoms with E-state index in [9.17, 15) is 19.2 Å². The summed E-state index contributed by atoms with van der Waals surface area (Å²) in [4.78, 5) is 40.9. The van der Waals surface area contributed by atoms with E-state index in [-0.39, 0.29) is 5.57 Å². The van der Waals surface area contributed by atoms with Crippen molar-refractivity contribution < 1.29 is 39.2 Å². The minimum Gasteiger partial charge on any atom is -0.481 e. The molecule has 0 aromatic carbocycles. The van der Waals surface area contributed by atoms with Crippen LogP contribution < -0.4 is 0 Å². The molecule has 25 heavy (non-hydrogen) atoms. The molecule has 0 spiro atoms. The van der Waals surface area contributed by atoms with Gasteiger partial charge in [-0.15, -0.1) is 0 Å². The highest BCUT2D eigenvalue weighted by atomic mass is 16.5. The van der Waals surface area contributed by atoms with Gasteiger partial charge in [0.05, 0.1) is 13.0 Å². The van der Waals surface area contributed by atoms with Crippen LogP contribution in [0.3, 0.4) is 0 Å². The Labute approximate surface area is 146 Å². The normalized spacial score (nSPS) is 11.1. The molecule has 0 saturated carbocycles. The van der Waals surface area contributed by atoms with Crippen molar-refractivity contribution in [3.63, 3.8) is 0 Å². The van der Waals surface area contributed by atoms with E-state index in [4.69, 9.17) is 20.1 Å². The van der Waals surface area contributed by atoms with Gasteiger partial charge in [0.1, 0.15) is 0 Å². The lowest BCUT2D eigenvalue weighted by Crippen LogP contribution is -2.12. The first-order valence-corrected chi connectivity index (χ1v) is 7.84. The van der Waals surface area contributed by atoms with Gasteiger partial charge in [0.15, 0.2) is 0 Å². The maximum atomic E-state index is 11.1. The lowest BCUT2D eigenvalue weighted by atomic mass is 10.0. The Morgan fingerprint density at radius 3 is 2.04 bits per heavy atom. The number of esters is 1. The molecule has 0 aromatic heterocycles. The molecule has 3 N–H and O–H groups in total. The second-order valence-electron chi connectivity index (χ2n) is 5.20. The summed E-state index contributed by atoms with van der Waals surface area (Å²) in [6.45, 7) is 7.56. The van der Waals surface area contributed by atoms with Crippen LogP contribution in [0.1, 0.15) is 46.0 Å². The molecule has 0 heterocycles. The average molecular weight is 358 g/mol. The average Bonchev–Trinajstić information content (AvgIpc) is 2.53. The number of carbonyl (C=O) groups excluding carboxylic acids is 1. The van der Waals surface area contributed by atoms with Gasteiger partial charge in [-0.2, -0.15) is 0 Å². The lowest BCUT2D eigenvalue weighted by Gasteiger charge is -2.13. The summed E-state index contributed by atoms with van der Waals surface area (Å²) in [5.74, 6) is -3.80. The first-order valence-electron chi connectivity index (χ1n) is 7.84. The number of carbonyl (C=O) groups is 4. The van der Waals surface area contributed by atoms with Crippen molar-refractivity contribution in [3.05, 3.63) is 24.3 Å². The fraction of sp³-hybridized carbons (Fsp3) is 0.529. The van der Waals surface area contributed by atoms with E-state index in [1.807, 2.05) is 0 Å². The maximum absolute atomic E-state index is 11.1. The number of rotatable bonds is 11. The summed E-state index contributed by atoms with van der Waals surface area (Å²) < 4.78 is 4.95. The fourth-order valence-corrected chi connectivity index (χ4v) is 1.54. The fourth-order valence-electron chi connectivity index (χ4n) is 1.54. The van der Waals surface area contributed by atoms with Crippen molar-refractivity contribution in [2.24, 2.45) is 5.92 Å². The SMILES string of the molecule is C=C(CC(=O)O)C(=O)O.CCCCC(CC)COC(=O)/C=C\C(=O)O. The summed E-state index contributed by atoms with van der Waals surface area (Å²) in [5.41, 5.74) is -0.303. The van der Waals surface area contributed by atoms with E-state index in [0.717, 1.165) is 37.8 Å². The third-order valence-electron chi connectivity index (χ3n) is 3.03. The van der Waals surface area contributed by atoms with Crippen LogP contribution in [0.5, 0.6) is 0 Å². The van der Waals surface area contributed by atoms with Crippen molar-refractivity contribution in [1.82, 2.24) is 0 Å². The molecule has 0 fully saturated rings. The van der Waals surface area contributed by atoms with E-state index in [1.54, 1.807) is 0 Å². The van der Waals surface area contributed by atoms with Crippen LogP contribution in [0.25, 0.3) is 0 Å². The molecular formula is C17H26O8. The highest BCUT2D eigenvalue weighted by Crippen LogP contribution is 2.12. The molecule has 0 aliphatic carbocycles. The van der Waals surface area contributed by atoms with Gasteiger partial charge in [-0.25, -0.2) is 14.4 Å². The maximum Gasteiger partial charge on any atom is 0.331 e. The van der Waals surface area contributed by atoms with Crippen LogP contribution in [0.2, 0.25) is 0 Å². The standard InChI is InChI=1S/C12H20O4.C5H6O4/c1-3-5-6-10(4-2)9-16-12(15)8-7-11(13)14;1-3(5(8)9)2-4(6)7/h7-8,10H,3-6,9H2,1-2H3,(H,13,14);1-2H2,(H,6,7)(H,8,9)/b8-7-;. The predicted molar refractivity (Wildman–Crippen MR) is 90.1 cm³/mol. The monoisotopic (exact) mass is 358 g/mol. The van der Waals surface area contributed by atoms with E-state index in [0.29, 0.717) is 12.5 Å². The number of ether oxygens (including phenoxy) is 1. The molecule has 0 saturated heterocycles. The van der Waals surface area contributed by atoms with Crippen molar-refractivity contribution in [2.45, 2.75) is 46.0 Å². The third-order valence-corrected chi connectivity index (χ3v) is 3.03. The van der Waals surface area contributed by atoms with Gasteiger partial charge in [0.2, 0.25) is 0 Å². The van der Waals surface area contributed by atoms with Gasteiger partial charge >= 0.3 is 23.9 Å². The largest absolute Gasteiger partial charge is 0.481 e. The van der Waals surface area contributed by atoms with E-state index in [2.05, 4.69) is 20.4 Å². The second kappa shape index (κ2) is 14.9. The van der Waals surface area contributed by atoms with Crippen LogP contribution >= 0.6 is 0 Å². The van der Waals surface area contributed by atoms with Crippen LogP contribution in [-0.2, 0) is 23.9 Å². The van der Waals surface area contributed by atoms with Gasteiger partial charge in [0, 0.05) is 17.7 Å². The van der Waals surface area contributed by atoms with E-state index in [1.165, 1.54) is 0 Å². The minimum atomic E-state index is -1.27. The predicted octanol–water partition coefficient (Wildman–Crippen LogP) is 2.49. The Hall–Kier alpha value is -2.64. The van der Waals surface area contributed by atoms with Gasteiger partial charge < -0.3 is 20.1 Å². The zero-order valence-electron chi connectivity index (χ0n) is 14.6. The Morgan fingerprint density at radius 2 is 1.68 bits per heavy atom. The smallest absolute Gasteiger partial charge is 0.331 e. The second-order valence-corrected chi connectivity index (χ2v) is 5.20. The zero-order valence-corrected chi connectivity index (χ0v) is 14.6. The molecule has 0 radical (unpaired) electrons. The lowest BCUT2D eigenvalue weighted by molar-refractivity contribution is -0.140.